The van der Waals surface area contributed by atoms with Gasteiger partial charge in [-0.2, -0.15) is 0 Å². The third kappa shape index (κ3) is 3.11. The SMILES string of the molecule is O=C(c1c(F)c(F)cc(CBr)c1F)c1c(F)c(F)cc(CBr)c1F. The Labute approximate surface area is 148 Å². The lowest BCUT2D eigenvalue weighted by Gasteiger charge is -2.12. The Kier molecular flexibility index (Phi) is 5.74. The largest absolute Gasteiger partial charge is 0.288 e. The number of halogens is 8. The molecule has 0 saturated carbocycles. The van der Waals surface area contributed by atoms with Crippen molar-refractivity contribution in [3.8, 4) is 0 Å². The molecule has 9 heteroatoms. The highest BCUT2D eigenvalue weighted by Crippen LogP contribution is 2.29. The topological polar surface area (TPSA) is 17.1 Å². The first-order valence-corrected chi connectivity index (χ1v) is 8.48. The Hall–Kier alpha value is -1.35. The average Bonchev–Trinajstić information content (AvgIpc) is 2.54. The van der Waals surface area contributed by atoms with E-state index in [1.807, 2.05) is 0 Å². The van der Waals surface area contributed by atoms with Crippen LogP contribution in [0.5, 0.6) is 0 Å². The van der Waals surface area contributed by atoms with Crippen LogP contribution >= 0.6 is 31.9 Å². The van der Waals surface area contributed by atoms with Gasteiger partial charge in [-0.1, -0.05) is 31.9 Å². The molecule has 2 aromatic carbocycles. The van der Waals surface area contributed by atoms with Crippen LogP contribution in [0.25, 0.3) is 0 Å². The third-order valence-electron chi connectivity index (χ3n) is 3.21. The number of hydrogen-bond acceptors (Lipinski definition) is 1. The molecular weight excluding hydrogens is 470 g/mol. The highest BCUT2D eigenvalue weighted by molar-refractivity contribution is 9.08. The van der Waals surface area contributed by atoms with Crippen LogP contribution in [0.15, 0.2) is 12.1 Å². The maximum absolute atomic E-state index is 14.2. The first-order valence-electron chi connectivity index (χ1n) is 6.23. The highest BCUT2D eigenvalue weighted by atomic mass is 79.9. The molecule has 1 nitrogen and oxygen atoms in total. The van der Waals surface area contributed by atoms with Crippen molar-refractivity contribution in [2.45, 2.75) is 10.7 Å². The lowest BCUT2D eigenvalue weighted by molar-refractivity contribution is 0.102. The zero-order valence-electron chi connectivity index (χ0n) is 11.5. The second-order valence-electron chi connectivity index (χ2n) is 4.64. The van der Waals surface area contributed by atoms with E-state index in [1.165, 1.54) is 0 Å². The Balaban J connectivity index is 2.80. The average molecular weight is 476 g/mol. The van der Waals surface area contributed by atoms with Crippen LogP contribution in [-0.4, -0.2) is 5.78 Å². The van der Waals surface area contributed by atoms with Crippen LogP contribution in [0.4, 0.5) is 26.3 Å². The van der Waals surface area contributed by atoms with Crippen LogP contribution in [0.1, 0.15) is 27.0 Å². The van der Waals surface area contributed by atoms with Gasteiger partial charge in [0, 0.05) is 21.8 Å². The van der Waals surface area contributed by atoms with Crippen LogP contribution in [0.3, 0.4) is 0 Å². The van der Waals surface area contributed by atoms with Gasteiger partial charge in [-0.15, -0.1) is 0 Å². The fraction of sp³-hybridized carbons (Fsp3) is 0.133. The second kappa shape index (κ2) is 7.26. The van der Waals surface area contributed by atoms with Gasteiger partial charge in [-0.05, 0) is 12.1 Å². The summed E-state index contributed by atoms with van der Waals surface area (Å²) < 4.78 is 83.2. The summed E-state index contributed by atoms with van der Waals surface area (Å²) in [6.07, 6.45) is 0. The molecule has 0 bridgehead atoms. The molecule has 0 fully saturated rings. The van der Waals surface area contributed by atoms with Gasteiger partial charge in [0.05, 0.1) is 11.1 Å². The molecule has 0 radical (unpaired) electrons. The summed E-state index contributed by atoms with van der Waals surface area (Å²) in [4.78, 5) is 12.2. The number of alkyl halides is 2. The van der Waals surface area contributed by atoms with E-state index in [9.17, 15) is 31.1 Å². The zero-order valence-corrected chi connectivity index (χ0v) is 14.7. The molecule has 0 heterocycles. The molecule has 0 aromatic heterocycles. The number of benzene rings is 2. The van der Waals surface area contributed by atoms with Crippen molar-refractivity contribution in [1.29, 1.82) is 0 Å². The molecule has 2 rings (SSSR count). The Morgan fingerprint density at radius 1 is 0.708 bits per heavy atom. The van der Waals surface area contributed by atoms with E-state index in [4.69, 9.17) is 0 Å². The minimum Gasteiger partial charge on any atom is -0.288 e. The van der Waals surface area contributed by atoms with Crippen molar-refractivity contribution in [2.75, 3.05) is 0 Å². The van der Waals surface area contributed by atoms with Crippen molar-refractivity contribution in [3.63, 3.8) is 0 Å². The molecule has 0 aliphatic rings. The molecule has 0 N–H and O–H groups in total. The molecule has 0 unspecified atom stereocenters. The summed E-state index contributed by atoms with van der Waals surface area (Å²) >= 11 is 5.63. The molecule has 0 saturated heterocycles. The second-order valence-corrected chi connectivity index (χ2v) is 5.76. The van der Waals surface area contributed by atoms with E-state index >= 15 is 0 Å². The quantitative estimate of drug-likeness (QED) is 0.245. The predicted molar refractivity (Wildman–Crippen MR) is 81.3 cm³/mol. The van der Waals surface area contributed by atoms with Crippen LogP contribution in [0, 0.1) is 34.9 Å². The third-order valence-corrected chi connectivity index (χ3v) is 4.41. The molecular formula is C15H6Br2F6O. The number of carbonyl (C=O) groups excluding carboxylic acids is 1. The molecule has 0 amide bonds. The summed E-state index contributed by atoms with van der Waals surface area (Å²) in [6, 6.07) is 0.997. The summed E-state index contributed by atoms with van der Waals surface area (Å²) in [6.45, 7) is 0. The number of ketones is 1. The lowest BCUT2D eigenvalue weighted by Crippen LogP contribution is -2.16. The van der Waals surface area contributed by atoms with Gasteiger partial charge < -0.3 is 0 Å². The van der Waals surface area contributed by atoms with E-state index < -0.39 is 62.9 Å². The van der Waals surface area contributed by atoms with Crippen LogP contribution < -0.4 is 0 Å². The summed E-state index contributed by atoms with van der Waals surface area (Å²) in [7, 11) is 0. The smallest absolute Gasteiger partial charge is 0.205 e. The summed E-state index contributed by atoms with van der Waals surface area (Å²) in [5.41, 5.74) is -3.85. The van der Waals surface area contributed by atoms with Crippen molar-refractivity contribution in [1.82, 2.24) is 0 Å². The predicted octanol–water partition coefficient (Wildman–Crippen LogP) is 5.54. The van der Waals surface area contributed by atoms with Gasteiger partial charge in [0.25, 0.3) is 0 Å². The van der Waals surface area contributed by atoms with E-state index in [2.05, 4.69) is 31.9 Å². The minimum absolute atomic E-state index is 0.281. The van der Waals surface area contributed by atoms with Crippen molar-refractivity contribution in [2.24, 2.45) is 0 Å². The van der Waals surface area contributed by atoms with Gasteiger partial charge in [0.15, 0.2) is 23.3 Å². The first kappa shape index (κ1) is 19.0. The van der Waals surface area contributed by atoms with Crippen molar-refractivity contribution >= 4 is 37.6 Å². The van der Waals surface area contributed by atoms with Crippen molar-refractivity contribution in [3.05, 3.63) is 69.3 Å². The Morgan fingerprint density at radius 2 is 1.04 bits per heavy atom. The molecule has 128 valence electrons. The molecule has 0 spiro atoms. The number of rotatable bonds is 4. The molecule has 0 aliphatic carbocycles. The standard InChI is InChI=1S/C15H6Br2F6O/c16-3-5-1-7(18)13(22)9(11(5)20)15(24)10-12(21)6(4-17)2-8(19)14(10)23/h1-2H,3-4H2. The van der Waals surface area contributed by atoms with Gasteiger partial charge in [0.1, 0.15) is 11.6 Å². The molecule has 24 heavy (non-hydrogen) atoms. The first-order chi connectivity index (χ1) is 11.2. The maximum Gasteiger partial charge on any atom is 0.205 e. The number of hydrogen-bond donors (Lipinski definition) is 0. The normalized spacial score (nSPS) is 11.0. The summed E-state index contributed by atoms with van der Waals surface area (Å²) in [5, 5.41) is -0.561. The number of carbonyl (C=O) groups is 1. The van der Waals surface area contributed by atoms with E-state index in [-0.39, 0.29) is 10.7 Å². The Bertz CT molecular complexity index is 770. The van der Waals surface area contributed by atoms with E-state index in [1.54, 1.807) is 0 Å². The van der Waals surface area contributed by atoms with Gasteiger partial charge >= 0.3 is 0 Å². The van der Waals surface area contributed by atoms with Gasteiger partial charge in [-0.3, -0.25) is 4.79 Å². The monoisotopic (exact) mass is 474 g/mol. The Morgan fingerprint density at radius 3 is 1.33 bits per heavy atom. The van der Waals surface area contributed by atoms with Crippen LogP contribution in [-0.2, 0) is 10.7 Å². The maximum atomic E-state index is 14.2. The molecule has 2 aromatic rings. The van der Waals surface area contributed by atoms with E-state index in [0.29, 0.717) is 12.1 Å². The fourth-order valence-corrected chi connectivity index (χ4v) is 2.85. The zero-order chi connectivity index (χ0) is 18.2. The van der Waals surface area contributed by atoms with E-state index in [0.717, 1.165) is 0 Å². The lowest BCUT2D eigenvalue weighted by atomic mass is 9.97. The highest BCUT2D eigenvalue weighted by Gasteiger charge is 2.31. The molecule has 0 aliphatic heterocycles. The van der Waals surface area contributed by atoms with Gasteiger partial charge in [-0.25, -0.2) is 26.3 Å². The minimum atomic E-state index is -1.91. The van der Waals surface area contributed by atoms with Crippen molar-refractivity contribution < 1.29 is 31.1 Å². The summed E-state index contributed by atoms with van der Waals surface area (Å²) in [5.74, 6) is -11.8. The molecule has 0 atom stereocenters. The van der Waals surface area contributed by atoms with Gasteiger partial charge in [0.2, 0.25) is 5.78 Å². The van der Waals surface area contributed by atoms with Crippen LogP contribution in [0.2, 0.25) is 0 Å². The fourth-order valence-electron chi connectivity index (χ4n) is 2.03.